The van der Waals surface area contributed by atoms with E-state index in [0.717, 1.165) is 16.0 Å². The van der Waals surface area contributed by atoms with Crippen LogP contribution in [0.4, 0.5) is 0 Å². The van der Waals surface area contributed by atoms with Gasteiger partial charge in [-0.2, -0.15) is 0 Å². The minimum atomic E-state index is -0.222. The fourth-order valence-electron chi connectivity index (χ4n) is 2.49. The van der Waals surface area contributed by atoms with Crippen LogP contribution in [0.1, 0.15) is 22.7 Å². The van der Waals surface area contributed by atoms with Crippen molar-refractivity contribution in [1.82, 2.24) is 9.55 Å². The summed E-state index contributed by atoms with van der Waals surface area (Å²) in [6, 6.07) is 7.81. The second-order valence-electron chi connectivity index (χ2n) is 5.31. The third-order valence-corrected chi connectivity index (χ3v) is 4.50. The van der Waals surface area contributed by atoms with Gasteiger partial charge in [-0.25, -0.2) is 4.98 Å². The summed E-state index contributed by atoms with van der Waals surface area (Å²) in [5.41, 5.74) is 9.67. The van der Waals surface area contributed by atoms with Crippen LogP contribution in [0.2, 0.25) is 0 Å². The number of rotatable bonds is 3. The molecule has 0 aliphatic carbocycles. The number of aryl methyl sites for hydroxylation is 2. The average molecular weight is 299 g/mol. The van der Waals surface area contributed by atoms with Crippen LogP contribution in [-0.2, 0) is 6.54 Å². The molecule has 5 heteroatoms. The van der Waals surface area contributed by atoms with Crippen molar-refractivity contribution in [3.63, 3.8) is 0 Å². The maximum absolute atomic E-state index is 12.4. The van der Waals surface area contributed by atoms with Gasteiger partial charge in [-0.05, 0) is 36.4 Å². The average Bonchev–Trinajstić information content (AvgIpc) is 2.93. The first-order valence-electron chi connectivity index (χ1n) is 6.81. The Bertz CT molecular complexity index is 850. The van der Waals surface area contributed by atoms with Crippen molar-refractivity contribution in [3.8, 4) is 0 Å². The Morgan fingerprint density at radius 2 is 2.14 bits per heavy atom. The molecule has 0 fully saturated rings. The molecule has 0 amide bonds. The maximum Gasteiger partial charge on any atom is 0.262 e. The van der Waals surface area contributed by atoms with Crippen LogP contribution in [0.5, 0.6) is 0 Å². The molecule has 0 bridgehead atoms. The molecule has 0 aliphatic rings. The second-order valence-corrected chi connectivity index (χ2v) is 6.20. The zero-order valence-corrected chi connectivity index (χ0v) is 12.9. The fourth-order valence-corrected chi connectivity index (χ4v) is 3.22. The Morgan fingerprint density at radius 1 is 1.33 bits per heavy atom. The molecule has 108 valence electrons. The number of hydrogen-bond acceptors (Lipinski definition) is 4. The lowest BCUT2D eigenvalue weighted by Gasteiger charge is -2.16. The van der Waals surface area contributed by atoms with Crippen LogP contribution >= 0.6 is 11.3 Å². The molecule has 1 aromatic carbocycles. The van der Waals surface area contributed by atoms with Gasteiger partial charge in [0.25, 0.3) is 5.56 Å². The van der Waals surface area contributed by atoms with E-state index in [2.05, 4.69) is 23.2 Å². The summed E-state index contributed by atoms with van der Waals surface area (Å²) in [7, 11) is 0. The third kappa shape index (κ3) is 2.62. The monoisotopic (exact) mass is 299 g/mol. The molecule has 0 saturated carbocycles. The zero-order chi connectivity index (χ0) is 15.0. The summed E-state index contributed by atoms with van der Waals surface area (Å²) in [4.78, 5) is 17.5. The lowest BCUT2D eigenvalue weighted by atomic mass is 9.99. The number of benzene rings is 1. The number of nitrogens with two attached hydrogens (primary N) is 1. The molecule has 21 heavy (non-hydrogen) atoms. The third-order valence-electron chi connectivity index (χ3n) is 3.68. The van der Waals surface area contributed by atoms with E-state index in [1.807, 2.05) is 25.3 Å². The van der Waals surface area contributed by atoms with Crippen LogP contribution < -0.4 is 11.3 Å². The van der Waals surface area contributed by atoms with Gasteiger partial charge in [0.1, 0.15) is 4.83 Å². The first-order chi connectivity index (χ1) is 10.1. The van der Waals surface area contributed by atoms with E-state index in [0.29, 0.717) is 11.9 Å². The van der Waals surface area contributed by atoms with Gasteiger partial charge in [0.2, 0.25) is 0 Å². The van der Waals surface area contributed by atoms with E-state index >= 15 is 0 Å². The van der Waals surface area contributed by atoms with Gasteiger partial charge in [-0.1, -0.05) is 23.8 Å². The quantitative estimate of drug-likeness (QED) is 0.809. The lowest BCUT2D eigenvalue weighted by Crippen LogP contribution is -2.27. The summed E-state index contributed by atoms with van der Waals surface area (Å²) in [6.07, 6.45) is 1.59. The van der Waals surface area contributed by atoms with Crippen LogP contribution in [0.3, 0.4) is 0 Å². The molecule has 0 radical (unpaired) electrons. The number of fused-ring (bicyclic) bond motifs is 1. The van der Waals surface area contributed by atoms with Crippen LogP contribution in [0, 0.1) is 13.8 Å². The molecule has 0 spiro atoms. The lowest BCUT2D eigenvalue weighted by molar-refractivity contribution is 0.556. The predicted molar refractivity (Wildman–Crippen MR) is 86.7 cm³/mol. The summed E-state index contributed by atoms with van der Waals surface area (Å²) in [5, 5.41) is 2.55. The largest absolute Gasteiger partial charge is 0.322 e. The molecule has 3 rings (SSSR count). The molecule has 2 aromatic heterocycles. The molecular formula is C16H17N3OS. The Morgan fingerprint density at radius 3 is 2.95 bits per heavy atom. The Labute approximate surface area is 126 Å². The smallest absolute Gasteiger partial charge is 0.262 e. The SMILES string of the molecule is Cc1ccc(C)c(C(N)Cn2cnc3sccc3c2=O)c1. The molecule has 0 aliphatic heterocycles. The van der Waals surface area contributed by atoms with E-state index in [1.54, 1.807) is 10.9 Å². The normalized spacial score (nSPS) is 12.7. The molecule has 1 atom stereocenters. The van der Waals surface area contributed by atoms with Gasteiger partial charge in [0.05, 0.1) is 11.7 Å². The van der Waals surface area contributed by atoms with Crippen LogP contribution in [0.15, 0.2) is 40.8 Å². The van der Waals surface area contributed by atoms with Crippen molar-refractivity contribution in [1.29, 1.82) is 0 Å². The summed E-state index contributed by atoms with van der Waals surface area (Å²) >= 11 is 1.47. The van der Waals surface area contributed by atoms with Gasteiger partial charge in [0, 0.05) is 12.6 Å². The molecule has 4 nitrogen and oxygen atoms in total. The van der Waals surface area contributed by atoms with Gasteiger partial charge >= 0.3 is 0 Å². The Balaban J connectivity index is 1.96. The molecule has 1 unspecified atom stereocenters. The Hall–Kier alpha value is -1.98. The van der Waals surface area contributed by atoms with E-state index in [4.69, 9.17) is 5.73 Å². The number of thiophene rings is 1. The number of hydrogen-bond donors (Lipinski definition) is 1. The van der Waals surface area contributed by atoms with Crippen molar-refractivity contribution < 1.29 is 0 Å². The van der Waals surface area contributed by atoms with E-state index in [-0.39, 0.29) is 11.6 Å². The number of nitrogens with zero attached hydrogens (tertiary/aromatic N) is 2. The summed E-state index contributed by atoms with van der Waals surface area (Å²) < 4.78 is 1.60. The molecule has 2 heterocycles. The van der Waals surface area contributed by atoms with Gasteiger partial charge in [-0.15, -0.1) is 11.3 Å². The van der Waals surface area contributed by atoms with Crippen molar-refractivity contribution in [2.75, 3.05) is 0 Å². The van der Waals surface area contributed by atoms with Crippen molar-refractivity contribution >= 4 is 21.6 Å². The molecule has 0 saturated heterocycles. The molecule has 2 N–H and O–H groups in total. The van der Waals surface area contributed by atoms with Gasteiger partial charge in [0.15, 0.2) is 0 Å². The first kappa shape index (κ1) is 14.0. The van der Waals surface area contributed by atoms with E-state index in [9.17, 15) is 4.79 Å². The highest BCUT2D eigenvalue weighted by Gasteiger charge is 2.12. The van der Waals surface area contributed by atoms with E-state index in [1.165, 1.54) is 16.9 Å². The topological polar surface area (TPSA) is 60.9 Å². The van der Waals surface area contributed by atoms with Crippen molar-refractivity contribution in [2.45, 2.75) is 26.4 Å². The van der Waals surface area contributed by atoms with Crippen molar-refractivity contribution in [2.24, 2.45) is 5.73 Å². The number of aromatic nitrogens is 2. The minimum absolute atomic E-state index is 0.0259. The highest BCUT2D eigenvalue weighted by atomic mass is 32.1. The van der Waals surface area contributed by atoms with Gasteiger partial charge in [-0.3, -0.25) is 9.36 Å². The van der Waals surface area contributed by atoms with Gasteiger partial charge < -0.3 is 5.73 Å². The summed E-state index contributed by atoms with van der Waals surface area (Å²) in [6.45, 7) is 4.51. The fraction of sp³-hybridized carbons (Fsp3) is 0.250. The first-order valence-corrected chi connectivity index (χ1v) is 7.69. The minimum Gasteiger partial charge on any atom is -0.322 e. The Kier molecular flexibility index (Phi) is 3.61. The van der Waals surface area contributed by atoms with Crippen LogP contribution in [-0.4, -0.2) is 9.55 Å². The van der Waals surface area contributed by atoms with Crippen LogP contribution in [0.25, 0.3) is 10.2 Å². The van der Waals surface area contributed by atoms with Crippen molar-refractivity contribution in [3.05, 3.63) is 63.0 Å². The predicted octanol–water partition coefficient (Wildman–Crippen LogP) is 2.77. The highest BCUT2D eigenvalue weighted by Crippen LogP contribution is 2.19. The summed E-state index contributed by atoms with van der Waals surface area (Å²) in [5.74, 6) is 0. The second kappa shape index (κ2) is 5.42. The standard InChI is InChI=1S/C16H17N3OS/c1-10-3-4-11(2)13(7-10)14(17)8-19-9-18-15-12(16(19)20)5-6-21-15/h3-7,9,14H,8,17H2,1-2H3. The molecular weight excluding hydrogens is 282 g/mol. The molecule has 3 aromatic rings. The zero-order valence-electron chi connectivity index (χ0n) is 12.0. The maximum atomic E-state index is 12.4. The van der Waals surface area contributed by atoms with E-state index < -0.39 is 0 Å². The highest BCUT2D eigenvalue weighted by molar-refractivity contribution is 7.16.